The van der Waals surface area contributed by atoms with E-state index < -0.39 is 9.84 Å². The van der Waals surface area contributed by atoms with E-state index in [-0.39, 0.29) is 5.16 Å². The number of rotatable bonds is 3. The van der Waals surface area contributed by atoms with Crippen LogP contribution in [-0.2, 0) is 9.84 Å². The third-order valence-electron chi connectivity index (χ3n) is 1.97. The Labute approximate surface area is 118 Å². The number of benzene rings is 1. The highest BCUT2D eigenvalue weighted by Crippen LogP contribution is 2.21. The number of ether oxygens (including phenoxy) is 1. The van der Waals surface area contributed by atoms with E-state index in [9.17, 15) is 8.42 Å². The summed E-state index contributed by atoms with van der Waals surface area (Å²) in [5, 5.41) is -0.211. The molecule has 18 heavy (non-hydrogen) atoms. The number of hydrogen-bond acceptors (Lipinski definition) is 5. The van der Waals surface area contributed by atoms with Crippen LogP contribution in [0.4, 0.5) is 0 Å². The van der Waals surface area contributed by atoms with Gasteiger partial charge in [0.1, 0.15) is 5.75 Å². The molecular formula is C11H9IN2O3S. The van der Waals surface area contributed by atoms with Crippen LogP contribution in [0.1, 0.15) is 0 Å². The lowest BCUT2D eigenvalue weighted by atomic mass is 10.3. The van der Waals surface area contributed by atoms with Gasteiger partial charge in [0, 0.05) is 9.83 Å². The summed E-state index contributed by atoms with van der Waals surface area (Å²) in [5.41, 5.74) is 0. The molecule has 0 aliphatic heterocycles. The van der Waals surface area contributed by atoms with Crippen molar-refractivity contribution in [3.63, 3.8) is 0 Å². The molecule has 0 fully saturated rings. The van der Waals surface area contributed by atoms with Crippen LogP contribution < -0.4 is 4.74 Å². The third kappa shape index (κ3) is 3.39. The van der Waals surface area contributed by atoms with Crippen molar-refractivity contribution >= 4 is 32.4 Å². The minimum Gasteiger partial charge on any atom is -0.454 e. The maximum Gasteiger partial charge on any atom is 0.246 e. The van der Waals surface area contributed by atoms with E-state index in [0.717, 1.165) is 9.83 Å². The molecule has 0 unspecified atom stereocenters. The Morgan fingerprint density at radius 1 is 1.17 bits per heavy atom. The number of hydrogen-bond donors (Lipinski definition) is 0. The molecule has 0 aliphatic rings. The van der Waals surface area contributed by atoms with E-state index in [1.807, 2.05) is 18.2 Å². The van der Waals surface area contributed by atoms with Gasteiger partial charge in [-0.3, -0.25) is 0 Å². The molecule has 0 radical (unpaired) electrons. The number of nitrogens with zero attached hydrogens (tertiary/aromatic N) is 2. The van der Waals surface area contributed by atoms with Crippen molar-refractivity contribution in [3.05, 3.63) is 40.2 Å². The largest absolute Gasteiger partial charge is 0.454 e. The second-order valence-electron chi connectivity index (χ2n) is 3.53. The fourth-order valence-corrected chi connectivity index (χ4v) is 2.22. The zero-order chi connectivity index (χ0) is 13.2. The molecule has 0 bridgehead atoms. The van der Waals surface area contributed by atoms with Crippen molar-refractivity contribution in [2.24, 2.45) is 0 Å². The molecule has 1 aromatic carbocycles. The summed E-state index contributed by atoms with van der Waals surface area (Å²) < 4.78 is 28.9. The summed E-state index contributed by atoms with van der Waals surface area (Å²) in [4.78, 5) is 7.49. The van der Waals surface area contributed by atoms with E-state index >= 15 is 0 Å². The van der Waals surface area contributed by atoms with Gasteiger partial charge in [0.05, 0.1) is 12.4 Å². The van der Waals surface area contributed by atoms with Gasteiger partial charge in [0.15, 0.2) is 5.75 Å². The smallest absolute Gasteiger partial charge is 0.246 e. The van der Waals surface area contributed by atoms with Gasteiger partial charge in [-0.05, 0) is 40.8 Å². The van der Waals surface area contributed by atoms with Crippen LogP contribution in [0, 0.1) is 3.57 Å². The molecule has 0 amide bonds. The lowest BCUT2D eigenvalue weighted by molar-refractivity contribution is 0.474. The van der Waals surface area contributed by atoms with Crippen molar-refractivity contribution in [1.29, 1.82) is 0 Å². The standard InChI is InChI=1S/C11H9IN2O3S/c1-18(15,16)11-13-6-10(7-14-11)17-9-4-2-3-8(12)5-9/h2-7H,1H3. The zero-order valence-corrected chi connectivity index (χ0v) is 12.3. The average molecular weight is 376 g/mol. The first kappa shape index (κ1) is 13.2. The highest BCUT2D eigenvalue weighted by molar-refractivity contribution is 14.1. The predicted octanol–water partition coefficient (Wildman–Crippen LogP) is 2.28. The van der Waals surface area contributed by atoms with Gasteiger partial charge in [0.2, 0.25) is 15.0 Å². The third-order valence-corrected chi connectivity index (χ3v) is 3.51. The topological polar surface area (TPSA) is 69.2 Å². The summed E-state index contributed by atoms with van der Waals surface area (Å²) >= 11 is 2.17. The maximum absolute atomic E-state index is 11.2. The second-order valence-corrected chi connectivity index (χ2v) is 6.69. The Morgan fingerprint density at radius 2 is 1.83 bits per heavy atom. The minimum absolute atomic E-state index is 0.211. The quantitative estimate of drug-likeness (QED) is 0.607. The summed E-state index contributed by atoms with van der Waals surface area (Å²) in [6.45, 7) is 0. The van der Waals surface area contributed by atoms with Gasteiger partial charge < -0.3 is 4.74 Å². The number of aromatic nitrogens is 2. The van der Waals surface area contributed by atoms with Crippen LogP contribution in [-0.4, -0.2) is 24.6 Å². The Balaban J connectivity index is 2.21. The summed E-state index contributed by atoms with van der Waals surface area (Å²) in [6.07, 6.45) is 3.73. The average Bonchev–Trinajstić information content (AvgIpc) is 2.28. The molecule has 7 heteroatoms. The molecule has 0 N–H and O–H groups in total. The van der Waals surface area contributed by atoms with E-state index in [0.29, 0.717) is 11.5 Å². The first-order valence-electron chi connectivity index (χ1n) is 4.91. The highest BCUT2D eigenvalue weighted by atomic mass is 127. The molecule has 1 heterocycles. The van der Waals surface area contributed by atoms with Crippen molar-refractivity contribution in [2.45, 2.75) is 5.16 Å². The Hall–Kier alpha value is -1.22. The summed E-state index contributed by atoms with van der Waals surface area (Å²) in [7, 11) is -3.38. The molecule has 0 saturated carbocycles. The van der Waals surface area contributed by atoms with Crippen LogP contribution in [0.15, 0.2) is 41.8 Å². The molecule has 0 aliphatic carbocycles. The molecule has 0 atom stereocenters. The van der Waals surface area contributed by atoms with Crippen LogP contribution in [0.5, 0.6) is 11.5 Å². The summed E-state index contributed by atoms with van der Waals surface area (Å²) in [5.74, 6) is 1.04. The van der Waals surface area contributed by atoms with Gasteiger partial charge >= 0.3 is 0 Å². The predicted molar refractivity (Wildman–Crippen MR) is 74.4 cm³/mol. The Morgan fingerprint density at radius 3 is 2.39 bits per heavy atom. The van der Waals surface area contributed by atoms with Gasteiger partial charge in [-0.1, -0.05) is 6.07 Å². The first-order chi connectivity index (χ1) is 8.45. The second kappa shape index (κ2) is 5.19. The molecular weight excluding hydrogens is 367 g/mol. The fourth-order valence-electron chi connectivity index (χ4n) is 1.22. The van der Waals surface area contributed by atoms with Crippen molar-refractivity contribution in [2.75, 3.05) is 6.26 Å². The monoisotopic (exact) mass is 376 g/mol. The fraction of sp³-hybridized carbons (Fsp3) is 0.0909. The van der Waals surface area contributed by atoms with E-state index in [2.05, 4.69) is 32.6 Å². The van der Waals surface area contributed by atoms with Gasteiger partial charge in [0.25, 0.3) is 0 Å². The minimum atomic E-state index is -3.38. The van der Waals surface area contributed by atoms with Gasteiger partial charge in [-0.15, -0.1) is 0 Å². The maximum atomic E-state index is 11.2. The van der Waals surface area contributed by atoms with Gasteiger partial charge in [-0.25, -0.2) is 18.4 Å². The SMILES string of the molecule is CS(=O)(=O)c1ncc(Oc2cccc(I)c2)cn1. The van der Waals surface area contributed by atoms with Crippen LogP contribution >= 0.6 is 22.6 Å². The van der Waals surface area contributed by atoms with E-state index in [1.165, 1.54) is 12.4 Å². The van der Waals surface area contributed by atoms with Crippen molar-refractivity contribution in [3.8, 4) is 11.5 Å². The number of sulfone groups is 1. The van der Waals surface area contributed by atoms with Gasteiger partial charge in [-0.2, -0.15) is 0 Å². The number of halogens is 1. The molecule has 94 valence electrons. The van der Waals surface area contributed by atoms with Crippen LogP contribution in [0.3, 0.4) is 0 Å². The van der Waals surface area contributed by atoms with Crippen molar-refractivity contribution < 1.29 is 13.2 Å². The molecule has 5 nitrogen and oxygen atoms in total. The van der Waals surface area contributed by atoms with Crippen LogP contribution in [0.2, 0.25) is 0 Å². The Bertz CT molecular complexity index is 656. The lowest BCUT2D eigenvalue weighted by Gasteiger charge is -2.05. The Kier molecular flexibility index (Phi) is 3.81. The van der Waals surface area contributed by atoms with E-state index in [4.69, 9.17) is 4.74 Å². The normalized spacial score (nSPS) is 11.2. The van der Waals surface area contributed by atoms with Crippen LogP contribution in [0.25, 0.3) is 0 Å². The van der Waals surface area contributed by atoms with E-state index in [1.54, 1.807) is 6.07 Å². The lowest BCUT2D eigenvalue weighted by Crippen LogP contribution is -2.03. The molecule has 1 aromatic heterocycles. The highest BCUT2D eigenvalue weighted by Gasteiger charge is 2.10. The van der Waals surface area contributed by atoms with Crippen molar-refractivity contribution in [1.82, 2.24) is 9.97 Å². The summed E-state index contributed by atoms with van der Waals surface area (Å²) in [6, 6.07) is 7.46. The first-order valence-corrected chi connectivity index (χ1v) is 7.88. The molecule has 2 aromatic rings. The zero-order valence-electron chi connectivity index (χ0n) is 9.37. The molecule has 0 saturated heterocycles. The molecule has 2 rings (SSSR count). The molecule has 0 spiro atoms.